The zero-order valence-electron chi connectivity index (χ0n) is 17.5. The van der Waals surface area contributed by atoms with Gasteiger partial charge in [-0.3, -0.25) is 4.79 Å². The van der Waals surface area contributed by atoms with Gasteiger partial charge in [0.25, 0.3) is 5.91 Å². The number of amides is 1. The van der Waals surface area contributed by atoms with Crippen molar-refractivity contribution in [3.05, 3.63) is 53.6 Å². The number of benzene rings is 2. The average molecular weight is 449 g/mol. The highest BCUT2D eigenvalue weighted by Crippen LogP contribution is 2.30. The number of hydrogen-bond donors (Lipinski definition) is 1. The molecule has 0 saturated heterocycles. The lowest BCUT2D eigenvalue weighted by atomic mass is 10.1. The second kappa shape index (κ2) is 10.5. The van der Waals surface area contributed by atoms with Crippen molar-refractivity contribution in [1.29, 1.82) is 0 Å². The van der Waals surface area contributed by atoms with Crippen molar-refractivity contribution in [3.8, 4) is 11.5 Å². The molecule has 0 saturated carbocycles. The quantitative estimate of drug-likeness (QED) is 0.347. The van der Waals surface area contributed by atoms with Crippen molar-refractivity contribution in [2.45, 2.75) is 4.90 Å². The van der Waals surface area contributed by atoms with Crippen LogP contribution in [0.4, 0.5) is 0 Å². The number of likely N-dealkylation sites (N-methyl/N-ethyl adjacent to an activating group) is 1. The minimum Gasteiger partial charge on any atom is -0.493 e. The third-order valence-electron chi connectivity index (χ3n) is 4.16. The molecule has 0 aliphatic rings. The normalized spacial score (nSPS) is 11.4. The lowest BCUT2D eigenvalue weighted by Crippen LogP contribution is -2.36. The minimum absolute atomic E-state index is 0.0466. The van der Waals surface area contributed by atoms with Gasteiger partial charge in [-0.25, -0.2) is 18.6 Å². The number of hydrazone groups is 1. The smallest absolute Gasteiger partial charge is 0.337 e. The Morgan fingerprint density at radius 3 is 2.26 bits per heavy atom. The molecule has 0 aliphatic carbocycles. The van der Waals surface area contributed by atoms with Gasteiger partial charge in [-0.1, -0.05) is 12.1 Å². The minimum atomic E-state index is -3.94. The fraction of sp³-hybridized carbons (Fsp3) is 0.250. The van der Waals surface area contributed by atoms with Gasteiger partial charge in [0, 0.05) is 13.1 Å². The van der Waals surface area contributed by atoms with Crippen LogP contribution in [0.3, 0.4) is 0 Å². The van der Waals surface area contributed by atoms with E-state index in [0.29, 0.717) is 16.9 Å². The van der Waals surface area contributed by atoms with Gasteiger partial charge >= 0.3 is 5.97 Å². The Labute approximate surface area is 180 Å². The highest BCUT2D eigenvalue weighted by Gasteiger charge is 2.24. The van der Waals surface area contributed by atoms with Crippen LogP contribution in [0.25, 0.3) is 0 Å². The molecule has 1 amide bonds. The summed E-state index contributed by atoms with van der Waals surface area (Å²) in [4.78, 5) is 23.4. The van der Waals surface area contributed by atoms with E-state index in [1.165, 1.54) is 52.8 Å². The maximum atomic E-state index is 12.7. The fourth-order valence-electron chi connectivity index (χ4n) is 2.48. The molecule has 0 unspecified atom stereocenters. The van der Waals surface area contributed by atoms with E-state index in [1.54, 1.807) is 24.3 Å². The lowest BCUT2D eigenvalue weighted by Gasteiger charge is -2.17. The average Bonchev–Trinajstić information content (AvgIpc) is 2.78. The first-order valence-corrected chi connectivity index (χ1v) is 10.4. The van der Waals surface area contributed by atoms with Gasteiger partial charge in [0.05, 0.1) is 44.5 Å². The zero-order valence-corrected chi connectivity index (χ0v) is 18.3. The zero-order chi connectivity index (χ0) is 23.0. The Kier molecular flexibility index (Phi) is 8.11. The maximum absolute atomic E-state index is 12.7. The van der Waals surface area contributed by atoms with Crippen LogP contribution in [-0.2, 0) is 19.6 Å². The molecule has 166 valence electrons. The van der Waals surface area contributed by atoms with E-state index in [-0.39, 0.29) is 10.6 Å². The molecule has 0 radical (unpaired) electrons. The SMILES string of the molecule is COC(=O)c1ccc(/C=N\NC(=O)CN(C)S(=O)(=O)c2ccc(OC)c(OC)c2)cc1. The number of ether oxygens (including phenoxy) is 3. The molecule has 2 aromatic carbocycles. The molecule has 0 aliphatic heterocycles. The number of rotatable bonds is 9. The van der Waals surface area contributed by atoms with Crippen LogP contribution in [0.1, 0.15) is 15.9 Å². The topological polar surface area (TPSA) is 124 Å². The van der Waals surface area contributed by atoms with Crippen LogP contribution in [0.5, 0.6) is 11.5 Å². The molecule has 1 N–H and O–H groups in total. The molecule has 0 bridgehead atoms. The van der Waals surface area contributed by atoms with Crippen LogP contribution < -0.4 is 14.9 Å². The first kappa shape index (κ1) is 23.8. The Morgan fingerprint density at radius 2 is 1.68 bits per heavy atom. The van der Waals surface area contributed by atoms with Gasteiger partial charge in [-0.15, -0.1) is 0 Å². The molecule has 2 rings (SSSR count). The number of methoxy groups -OCH3 is 3. The first-order valence-electron chi connectivity index (χ1n) is 8.91. The molecule has 10 nitrogen and oxygen atoms in total. The Bertz CT molecular complexity index is 1070. The summed E-state index contributed by atoms with van der Waals surface area (Å²) in [7, 11) is 1.46. The Hall–Kier alpha value is -3.44. The van der Waals surface area contributed by atoms with E-state index >= 15 is 0 Å². The standard InChI is InChI=1S/C20H23N3O7S/c1-23(31(26,27)16-9-10-17(28-2)18(11-16)29-3)13-19(24)22-21-12-14-5-7-15(8-6-14)20(25)30-4/h5-12H,13H2,1-4H3,(H,22,24)/b21-12-. The van der Waals surface area contributed by atoms with Crippen LogP contribution >= 0.6 is 0 Å². The summed E-state index contributed by atoms with van der Waals surface area (Å²) in [6.07, 6.45) is 1.36. The summed E-state index contributed by atoms with van der Waals surface area (Å²) in [5.74, 6) is -0.454. The van der Waals surface area contributed by atoms with Crippen molar-refractivity contribution in [1.82, 2.24) is 9.73 Å². The Balaban J connectivity index is 2.00. The van der Waals surface area contributed by atoms with Gasteiger partial charge in [0.2, 0.25) is 10.0 Å². The molecule has 31 heavy (non-hydrogen) atoms. The van der Waals surface area contributed by atoms with Crippen LogP contribution in [0.15, 0.2) is 52.5 Å². The molecular weight excluding hydrogens is 426 g/mol. The fourth-order valence-corrected chi connectivity index (χ4v) is 3.62. The number of nitrogens with zero attached hydrogens (tertiary/aromatic N) is 2. The molecule has 2 aromatic rings. The van der Waals surface area contributed by atoms with Crippen LogP contribution in [0.2, 0.25) is 0 Å². The van der Waals surface area contributed by atoms with Gasteiger partial charge in [-0.2, -0.15) is 9.41 Å². The van der Waals surface area contributed by atoms with Crippen molar-refractivity contribution >= 4 is 28.1 Å². The van der Waals surface area contributed by atoms with Crippen molar-refractivity contribution in [2.24, 2.45) is 5.10 Å². The Morgan fingerprint density at radius 1 is 1.03 bits per heavy atom. The summed E-state index contributed by atoms with van der Waals surface area (Å²) in [5.41, 5.74) is 3.27. The number of nitrogens with one attached hydrogen (secondary N) is 1. The van der Waals surface area contributed by atoms with Crippen molar-refractivity contribution in [2.75, 3.05) is 34.9 Å². The second-order valence-corrected chi connectivity index (χ2v) is 8.23. The van der Waals surface area contributed by atoms with E-state index in [4.69, 9.17) is 9.47 Å². The summed E-state index contributed by atoms with van der Waals surface area (Å²) in [6, 6.07) is 10.5. The van der Waals surface area contributed by atoms with Gasteiger partial charge in [0.1, 0.15) is 0 Å². The van der Waals surface area contributed by atoms with E-state index in [9.17, 15) is 18.0 Å². The number of carbonyl (C=O) groups is 2. The van der Waals surface area contributed by atoms with E-state index in [0.717, 1.165) is 4.31 Å². The summed E-state index contributed by atoms with van der Waals surface area (Å²) >= 11 is 0. The molecular formula is C20H23N3O7S. The number of esters is 1. The largest absolute Gasteiger partial charge is 0.493 e. The highest BCUT2D eigenvalue weighted by atomic mass is 32.2. The molecule has 11 heteroatoms. The molecule has 0 aromatic heterocycles. The molecule has 0 heterocycles. The molecule has 0 atom stereocenters. The number of carbonyl (C=O) groups excluding carboxylic acids is 2. The predicted octanol–water partition coefficient (Wildman–Crippen LogP) is 1.26. The summed E-state index contributed by atoms with van der Waals surface area (Å²) in [6.45, 7) is -0.449. The second-order valence-electron chi connectivity index (χ2n) is 6.18. The lowest BCUT2D eigenvalue weighted by molar-refractivity contribution is -0.121. The first-order chi connectivity index (χ1) is 14.7. The maximum Gasteiger partial charge on any atom is 0.337 e. The molecule has 0 fully saturated rings. The van der Waals surface area contributed by atoms with E-state index < -0.39 is 28.4 Å². The van der Waals surface area contributed by atoms with Gasteiger partial charge in [0.15, 0.2) is 11.5 Å². The van der Waals surface area contributed by atoms with E-state index in [1.807, 2.05) is 0 Å². The third-order valence-corrected chi connectivity index (χ3v) is 5.96. The van der Waals surface area contributed by atoms with E-state index in [2.05, 4.69) is 15.3 Å². The predicted molar refractivity (Wildman–Crippen MR) is 113 cm³/mol. The number of sulfonamides is 1. The monoisotopic (exact) mass is 449 g/mol. The third kappa shape index (κ3) is 6.03. The molecule has 0 spiro atoms. The van der Waals surface area contributed by atoms with Crippen LogP contribution in [-0.4, -0.2) is 65.7 Å². The summed E-state index contributed by atoms with van der Waals surface area (Å²) < 4.78 is 41.2. The van der Waals surface area contributed by atoms with Crippen molar-refractivity contribution in [3.63, 3.8) is 0 Å². The van der Waals surface area contributed by atoms with Gasteiger partial charge < -0.3 is 14.2 Å². The van der Waals surface area contributed by atoms with Crippen molar-refractivity contribution < 1.29 is 32.2 Å². The highest BCUT2D eigenvalue weighted by molar-refractivity contribution is 7.89. The number of hydrogen-bond acceptors (Lipinski definition) is 8. The van der Waals surface area contributed by atoms with Crippen LogP contribution in [0, 0.1) is 0 Å². The van der Waals surface area contributed by atoms with Gasteiger partial charge in [-0.05, 0) is 29.8 Å². The summed E-state index contributed by atoms with van der Waals surface area (Å²) in [5, 5.41) is 3.80.